The summed E-state index contributed by atoms with van der Waals surface area (Å²) in [7, 11) is 1.00. The summed E-state index contributed by atoms with van der Waals surface area (Å²) in [5.41, 5.74) is 2.63. The van der Waals surface area contributed by atoms with E-state index in [0.717, 1.165) is 37.6 Å². The van der Waals surface area contributed by atoms with Gasteiger partial charge < -0.3 is 23.7 Å². The zero-order valence-corrected chi connectivity index (χ0v) is 36.2. The summed E-state index contributed by atoms with van der Waals surface area (Å²) in [6, 6.07) is 15.2. The number of carbonyl (C=O) groups excluding carboxylic acids is 2. The van der Waals surface area contributed by atoms with Crippen molar-refractivity contribution in [3.05, 3.63) is 123 Å². The number of hydrogen-bond donors (Lipinski definition) is 1. The minimum atomic E-state index is -2.86. The zero-order chi connectivity index (χ0) is 40.5. The van der Waals surface area contributed by atoms with Gasteiger partial charge >= 0.3 is 0 Å². The van der Waals surface area contributed by atoms with Gasteiger partial charge in [-0.3, -0.25) is 14.5 Å². The standard InChI is InChI=1S/C45H52BrN3O6Si/c1-11-20-49(21-12-2)37-30-19-18-29(46)24-31(30)26(3)34-32(37)22-28-23-33-38(48(7)8)40-36(43(47-54-40)53-25-27-16-14-13-15-17-27)42(52)45(33,41(51)35(28)39(34)50)55-56(9,10)44(4,5)6/h11-19,24,28,33,38,51H,1-2,20-23,25H2,3-10H3/t28-,33-,38-,45-/m0/s1. The Labute approximate surface area is 339 Å². The number of Topliss-reactive ketones (excluding diaryl/α,β-unsaturated/α-hetero) is 2. The topological polar surface area (TPSA) is 105 Å². The van der Waals surface area contributed by atoms with Gasteiger partial charge in [0.1, 0.15) is 17.9 Å². The number of aliphatic hydroxyl groups excluding tert-OH is 1. The van der Waals surface area contributed by atoms with Crippen LogP contribution in [0.1, 0.15) is 76.4 Å². The van der Waals surface area contributed by atoms with Crippen LogP contribution < -0.4 is 9.64 Å². The monoisotopic (exact) mass is 837 g/mol. The van der Waals surface area contributed by atoms with Gasteiger partial charge in [-0.05, 0) is 97.3 Å². The van der Waals surface area contributed by atoms with Crippen LogP contribution in [-0.4, -0.2) is 67.8 Å². The number of hydrogen-bond acceptors (Lipinski definition) is 9. The molecule has 7 rings (SSSR count). The Hall–Kier alpha value is -4.29. The maximum atomic E-state index is 15.6. The van der Waals surface area contributed by atoms with Gasteiger partial charge in [-0.2, -0.15) is 0 Å². The molecule has 0 saturated carbocycles. The van der Waals surface area contributed by atoms with Crippen molar-refractivity contribution in [3.63, 3.8) is 0 Å². The molecule has 0 radical (unpaired) electrons. The summed E-state index contributed by atoms with van der Waals surface area (Å²) in [6.07, 6.45) is 4.58. The molecule has 0 saturated heterocycles. The Bertz CT molecular complexity index is 2280. The number of ether oxygens (including phenoxy) is 1. The maximum absolute atomic E-state index is 15.6. The molecule has 3 aliphatic carbocycles. The fourth-order valence-electron chi connectivity index (χ4n) is 8.97. The number of allylic oxidation sites excluding steroid dienone is 1. The van der Waals surface area contributed by atoms with Crippen LogP contribution in [0, 0.1) is 18.8 Å². The van der Waals surface area contributed by atoms with Crippen LogP contribution in [-0.2, 0) is 17.5 Å². The molecule has 56 heavy (non-hydrogen) atoms. The van der Waals surface area contributed by atoms with Gasteiger partial charge in [0.25, 0.3) is 5.88 Å². The normalized spacial score (nSPS) is 22.1. The lowest BCUT2D eigenvalue weighted by molar-refractivity contribution is -0.0480. The summed E-state index contributed by atoms with van der Waals surface area (Å²) < 4.78 is 20.5. The zero-order valence-electron chi connectivity index (χ0n) is 33.7. The van der Waals surface area contributed by atoms with Crippen LogP contribution in [0.3, 0.4) is 0 Å². The van der Waals surface area contributed by atoms with Crippen LogP contribution in [0.5, 0.6) is 5.88 Å². The molecule has 1 heterocycles. The van der Waals surface area contributed by atoms with Crippen LogP contribution in [0.4, 0.5) is 5.69 Å². The predicted molar refractivity (Wildman–Crippen MR) is 227 cm³/mol. The molecule has 0 spiro atoms. The number of aromatic nitrogens is 1. The van der Waals surface area contributed by atoms with Crippen molar-refractivity contribution in [2.75, 3.05) is 32.1 Å². The van der Waals surface area contributed by atoms with Crippen LogP contribution in [0.15, 0.2) is 94.2 Å². The fourth-order valence-corrected chi connectivity index (χ4v) is 10.8. The Morgan fingerprint density at radius 2 is 1.73 bits per heavy atom. The Balaban J connectivity index is 1.49. The molecule has 11 heteroatoms. The third-order valence-corrected chi connectivity index (χ3v) is 17.5. The highest BCUT2D eigenvalue weighted by Crippen LogP contribution is 2.60. The second-order valence-electron chi connectivity index (χ2n) is 17.2. The second-order valence-corrected chi connectivity index (χ2v) is 22.8. The molecular weight excluding hydrogens is 786 g/mol. The Morgan fingerprint density at radius 1 is 1.05 bits per heavy atom. The van der Waals surface area contributed by atoms with Crippen molar-refractivity contribution in [3.8, 4) is 5.88 Å². The van der Waals surface area contributed by atoms with E-state index in [1.54, 1.807) is 0 Å². The van der Waals surface area contributed by atoms with E-state index in [-0.39, 0.29) is 40.2 Å². The predicted octanol–water partition coefficient (Wildman–Crippen LogP) is 10.1. The summed E-state index contributed by atoms with van der Waals surface area (Å²) in [4.78, 5) is 35.2. The van der Waals surface area contributed by atoms with Gasteiger partial charge in [-0.15, -0.1) is 13.2 Å². The lowest BCUT2D eigenvalue weighted by atomic mass is 9.58. The maximum Gasteiger partial charge on any atom is 0.265 e. The lowest BCUT2D eigenvalue weighted by Crippen LogP contribution is -2.65. The van der Waals surface area contributed by atoms with Crippen molar-refractivity contribution in [1.29, 1.82) is 0 Å². The van der Waals surface area contributed by atoms with Gasteiger partial charge in [0.2, 0.25) is 5.78 Å². The molecular formula is C45H52BrN3O6Si. The van der Waals surface area contributed by atoms with Crippen molar-refractivity contribution in [1.82, 2.24) is 10.1 Å². The molecule has 0 bridgehead atoms. The molecule has 0 unspecified atom stereocenters. The SMILES string of the molecule is C=CCN(CC=C)c1c2c(c(C)c3cc(Br)ccc13)C(=O)C1=C(O)[C@]3(O[Si](C)(C)C(C)(C)C)C(=O)c4c(OCc5ccccc5)noc4[C@@H](N(C)C)[C@@H]3C[C@@H]1C2. The number of carbonyl (C=O) groups is 2. The summed E-state index contributed by atoms with van der Waals surface area (Å²) >= 11 is 3.66. The first-order chi connectivity index (χ1) is 26.5. The van der Waals surface area contributed by atoms with E-state index in [1.807, 2.05) is 80.5 Å². The summed E-state index contributed by atoms with van der Waals surface area (Å²) in [5.74, 6) is -1.70. The van der Waals surface area contributed by atoms with E-state index in [2.05, 4.69) is 79.1 Å². The van der Waals surface area contributed by atoms with Gasteiger partial charge in [-0.1, -0.05) is 85.3 Å². The highest BCUT2D eigenvalue weighted by Gasteiger charge is 2.67. The molecule has 1 aromatic heterocycles. The first kappa shape index (κ1) is 39.9. The largest absolute Gasteiger partial charge is 0.508 e. The Kier molecular flexibility index (Phi) is 10.4. The Morgan fingerprint density at radius 3 is 2.36 bits per heavy atom. The van der Waals surface area contributed by atoms with E-state index in [1.165, 1.54) is 0 Å². The van der Waals surface area contributed by atoms with Crippen LogP contribution in [0.25, 0.3) is 10.8 Å². The second kappa shape index (κ2) is 14.6. The molecule has 0 fully saturated rings. The molecule has 3 aliphatic rings. The highest BCUT2D eigenvalue weighted by atomic mass is 79.9. The van der Waals surface area contributed by atoms with Crippen molar-refractivity contribution < 1.29 is 28.4 Å². The average Bonchev–Trinajstić information content (AvgIpc) is 3.55. The number of ketones is 2. The first-order valence-electron chi connectivity index (χ1n) is 19.3. The number of halogens is 1. The van der Waals surface area contributed by atoms with Gasteiger partial charge in [0, 0.05) is 45.7 Å². The summed E-state index contributed by atoms with van der Waals surface area (Å²) in [5, 5.41) is 19.0. The van der Waals surface area contributed by atoms with Gasteiger partial charge in [-0.25, -0.2) is 0 Å². The van der Waals surface area contributed by atoms with Gasteiger partial charge in [0.05, 0.1) is 6.04 Å². The molecule has 4 atom stereocenters. The number of rotatable bonds is 11. The summed E-state index contributed by atoms with van der Waals surface area (Å²) in [6.45, 7) is 21.8. The minimum Gasteiger partial charge on any atom is -0.508 e. The van der Waals surface area contributed by atoms with E-state index >= 15 is 9.59 Å². The molecule has 0 amide bonds. The third kappa shape index (κ3) is 6.22. The highest BCUT2D eigenvalue weighted by molar-refractivity contribution is 9.10. The van der Waals surface area contributed by atoms with Crippen molar-refractivity contribution in [2.24, 2.45) is 11.8 Å². The fraction of sp³-hybridized carbons (Fsp3) is 0.400. The van der Waals surface area contributed by atoms with Crippen LogP contribution >= 0.6 is 15.9 Å². The van der Waals surface area contributed by atoms with E-state index < -0.39 is 37.6 Å². The minimum absolute atomic E-state index is 0.0414. The van der Waals surface area contributed by atoms with E-state index in [4.69, 9.17) is 13.7 Å². The quantitative estimate of drug-likeness (QED) is 0.117. The lowest BCUT2D eigenvalue weighted by Gasteiger charge is -2.55. The van der Waals surface area contributed by atoms with Crippen molar-refractivity contribution >= 4 is 52.3 Å². The molecule has 1 N–H and O–H groups in total. The number of fused-ring (bicyclic) bond motifs is 5. The average molecular weight is 839 g/mol. The smallest absolute Gasteiger partial charge is 0.265 e. The van der Waals surface area contributed by atoms with Crippen molar-refractivity contribution in [2.45, 2.75) is 76.9 Å². The third-order valence-electron chi connectivity index (χ3n) is 12.5. The number of anilines is 1. The number of nitrogens with zero attached hydrogens (tertiary/aromatic N) is 3. The molecule has 4 aromatic rings. The van der Waals surface area contributed by atoms with Gasteiger partial charge in [0.15, 0.2) is 25.5 Å². The number of aliphatic hydroxyl groups is 1. The number of aryl methyl sites for hydroxylation is 1. The van der Waals surface area contributed by atoms with Crippen LogP contribution in [0.2, 0.25) is 18.1 Å². The molecule has 9 nitrogen and oxygen atoms in total. The molecule has 294 valence electrons. The van der Waals surface area contributed by atoms with E-state index in [0.29, 0.717) is 37.3 Å². The number of benzene rings is 3. The molecule has 3 aromatic carbocycles. The van der Waals surface area contributed by atoms with E-state index in [9.17, 15) is 5.11 Å². The molecule has 0 aliphatic heterocycles. The first-order valence-corrected chi connectivity index (χ1v) is 23.0.